The van der Waals surface area contributed by atoms with E-state index < -0.39 is 29.2 Å². The zero-order valence-corrected chi connectivity index (χ0v) is 21.4. The lowest BCUT2D eigenvalue weighted by Gasteiger charge is -2.27. The summed E-state index contributed by atoms with van der Waals surface area (Å²) in [7, 11) is 1.50. The number of ether oxygens (including phenoxy) is 2. The highest BCUT2D eigenvalue weighted by Crippen LogP contribution is 2.36. The largest absolute Gasteiger partial charge is 0.465 e. The van der Waals surface area contributed by atoms with Crippen LogP contribution in [0.3, 0.4) is 0 Å². The molecule has 194 valence electrons. The van der Waals surface area contributed by atoms with Gasteiger partial charge >= 0.3 is 18.2 Å². The first-order valence-corrected chi connectivity index (χ1v) is 12.3. The van der Waals surface area contributed by atoms with E-state index in [1.165, 1.54) is 23.5 Å². The molecule has 0 N–H and O–H groups in total. The maximum absolute atomic E-state index is 13.6. The first kappa shape index (κ1) is 27.8. The van der Waals surface area contributed by atoms with Gasteiger partial charge in [-0.2, -0.15) is 18.3 Å². The number of halogens is 4. The third kappa shape index (κ3) is 6.13. The van der Waals surface area contributed by atoms with Gasteiger partial charge in [0.25, 0.3) is 0 Å². The van der Waals surface area contributed by atoms with Crippen molar-refractivity contribution in [2.24, 2.45) is 10.5 Å². The number of amides is 2. The lowest BCUT2D eigenvalue weighted by atomic mass is 9.82. The topological polar surface area (TPSA) is 71.4 Å². The number of rotatable bonds is 8. The van der Waals surface area contributed by atoms with E-state index in [0.29, 0.717) is 28.7 Å². The molecule has 0 spiro atoms. The molecule has 0 saturated carbocycles. The molecule has 1 aliphatic heterocycles. The normalized spacial score (nSPS) is 17.6. The molecule has 3 rings (SSSR count). The second-order valence-corrected chi connectivity index (χ2v) is 9.48. The Hall–Kier alpha value is -2.76. The first-order valence-electron chi connectivity index (χ1n) is 10.9. The third-order valence-electron chi connectivity index (χ3n) is 5.38. The number of anilines is 1. The Morgan fingerprint density at radius 2 is 1.81 bits per heavy atom. The molecule has 0 saturated heterocycles. The van der Waals surface area contributed by atoms with Gasteiger partial charge in [0.15, 0.2) is 0 Å². The minimum Gasteiger partial charge on any atom is -0.465 e. The number of carbonyl (C=O) groups is 2. The Morgan fingerprint density at radius 3 is 2.36 bits per heavy atom. The standard InChI is InChI=1S/C24H25ClF3N3O4S/c1-4-35-21(32)23(2)15-30(29-20(23)16-5-9-18(25)10-6-16)22(33)31(36-14-13-34-3)19-11-7-17(8-12-19)24(26,27)28/h5-12H,4,13-15H2,1-3H3. The highest BCUT2D eigenvalue weighted by molar-refractivity contribution is 8.01. The van der Waals surface area contributed by atoms with Gasteiger partial charge in [-0.25, -0.2) is 14.1 Å². The average Bonchev–Trinajstić information content (AvgIpc) is 3.20. The van der Waals surface area contributed by atoms with Crippen molar-refractivity contribution in [2.75, 3.05) is 36.9 Å². The molecule has 1 heterocycles. The third-order valence-corrected chi connectivity index (χ3v) is 6.61. The molecular formula is C24H25ClF3N3O4S. The van der Waals surface area contributed by atoms with Crippen molar-refractivity contribution < 1.29 is 32.2 Å². The molecule has 36 heavy (non-hydrogen) atoms. The predicted molar refractivity (Wildman–Crippen MR) is 133 cm³/mol. The molecule has 0 aliphatic carbocycles. The summed E-state index contributed by atoms with van der Waals surface area (Å²) in [5.41, 5.74) is -0.983. The Labute approximate surface area is 216 Å². The van der Waals surface area contributed by atoms with Crippen molar-refractivity contribution in [1.29, 1.82) is 0 Å². The molecule has 2 aromatic rings. The Balaban J connectivity index is 1.98. The van der Waals surface area contributed by atoms with Crippen molar-refractivity contribution in [3.05, 3.63) is 64.7 Å². The quantitative estimate of drug-likeness (QED) is 0.237. The summed E-state index contributed by atoms with van der Waals surface area (Å²) in [5.74, 6) is -0.206. The number of hydrazone groups is 1. The highest BCUT2D eigenvalue weighted by atomic mass is 35.5. The molecule has 2 aromatic carbocycles. The van der Waals surface area contributed by atoms with Crippen molar-refractivity contribution in [2.45, 2.75) is 20.0 Å². The first-order chi connectivity index (χ1) is 17.0. The van der Waals surface area contributed by atoms with Crippen molar-refractivity contribution in [1.82, 2.24) is 5.01 Å². The molecule has 2 amide bonds. The number of nitrogens with zero attached hydrogens (tertiary/aromatic N) is 3. The Kier molecular flexibility index (Phi) is 8.91. The summed E-state index contributed by atoms with van der Waals surface area (Å²) < 4.78 is 50.7. The molecule has 0 fully saturated rings. The minimum absolute atomic E-state index is 0.120. The molecule has 7 nitrogen and oxygen atoms in total. The molecular weight excluding hydrogens is 519 g/mol. The van der Waals surface area contributed by atoms with Gasteiger partial charge in [0.1, 0.15) is 5.41 Å². The van der Waals surface area contributed by atoms with Crippen LogP contribution in [0.25, 0.3) is 0 Å². The number of alkyl halides is 3. The van der Waals surface area contributed by atoms with Crippen LogP contribution in [0.15, 0.2) is 53.6 Å². The lowest BCUT2D eigenvalue weighted by molar-refractivity contribution is -0.150. The SMILES string of the molecule is CCOC(=O)C1(C)CN(C(=O)N(SCCOC)c2ccc(C(F)(F)F)cc2)N=C1c1ccc(Cl)cc1. The summed E-state index contributed by atoms with van der Waals surface area (Å²) in [6.07, 6.45) is -4.51. The molecule has 0 bridgehead atoms. The van der Waals surface area contributed by atoms with Gasteiger partial charge in [0.05, 0.1) is 36.7 Å². The molecule has 12 heteroatoms. The fourth-order valence-electron chi connectivity index (χ4n) is 3.53. The summed E-state index contributed by atoms with van der Waals surface area (Å²) in [5, 5.41) is 6.08. The van der Waals surface area contributed by atoms with Gasteiger partial charge in [-0.3, -0.25) is 4.79 Å². The van der Waals surface area contributed by atoms with Crippen LogP contribution in [-0.2, 0) is 20.4 Å². The van der Waals surface area contributed by atoms with Crippen LogP contribution >= 0.6 is 23.5 Å². The summed E-state index contributed by atoms with van der Waals surface area (Å²) >= 11 is 7.06. The van der Waals surface area contributed by atoms with Gasteiger partial charge in [-0.15, -0.1) is 0 Å². The van der Waals surface area contributed by atoms with Crippen molar-refractivity contribution >= 4 is 46.9 Å². The predicted octanol–water partition coefficient (Wildman–Crippen LogP) is 5.87. The van der Waals surface area contributed by atoms with E-state index in [4.69, 9.17) is 21.1 Å². The van der Waals surface area contributed by atoms with Crippen LogP contribution in [0.2, 0.25) is 5.02 Å². The van der Waals surface area contributed by atoms with Crippen LogP contribution in [0.5, 0.6) is 0 Å². The van der Waals surface area contributed by atoms with E-state index in [1.807, 2.05) is 0 Å². The Morgan fingerprint density at radius 1 is 1.17 bits per heavy atom. The number of carbonyl (C=O) groups excluding carboxylic acids is 2. The number of esters is 1. The van der Waals surface area contributed by atoms with E-state index in [1.54, 1.807) is 38.1 Å². The van der Waals surface area contributed by atoms with Crippen LogP contribution in [-0.4, -0.2) is 55.3 Å². The number of urea groups is 1. The molecule has 1 aliphatic rings. The maximum atomic E-state index is 13.6. The van der Waals surface area contributed by atoms with E-state index in [9.17, 15) is 22.8 Å². The highest BCUT2D eigenvalue weighted by Gasteiger charge is 2.49. The van der Waals surface area contributed by atoms with Crippen LogP contribution < -0.4 is 4.31 Å². The molecule has 1 atom stereocenters. The van der Waals surface area contributed by atoms with Gasteiger partial charge in [-0.05, 0) is 67.8 Å². The second kappa shape index (κ2) is 11.5. The van der Waals surface area contributed by atoms with Crippen LogP contribution in [0.1, 0.15) is 25.0 Å². The van der Waals surface area contributed by atoms with Crippen molar-refractivity contribution in [3.63, 3.8) is 0 Å². The van der Waals surface area contributed by atoms with E-state index in [0.717, 1.165) is 29.1 Å². The zero-order valence-electron chi connectivity index (χ0n) is 19.8. The van der Waals surface area contributed by atoms with E-state index in [2.05, 4.69) is 5.10 Å². The van der Waals surface area contributed by atoms with Gasteiger partial charge in [-0.1, -0.05) is 23.7 Å². The summed E-state index contributed by atoms with van der Waals surface area (Å²) in [6.45, 7) is 3.63. The second-order valence-electron chi connectivity index (χ2n) is 8.01. The fourth-order valence-corrected chi connectivity index (χ4v) is 4.55. The maximum Gasteiger partial charge on any atom is 0.416 e. The smallest absolute Gasteiger partial charge is 0.416 e. The number of hydrogen-bond donors (Lipinski definition) is 0. The summed E-state index contributed by atoms with van der Waals surface area (Å²) in [6, 6.07) is 10.3. The molecule has 0 aromatic heterocycles. The number of benzene rings is 2. The fraction of sp³-hybridized carbons (Fsp3) is 0.375. The molecule has 1 unspecified atom stereocenters. The van der Waals surface area contributed by atoms with Crippen LogP contribution in [0, 0.1) is 5.41 Å². The average molecular weight is 544 g/mol. The Bertz CT molecular complexity index is 1110. The number of methoxy groups -OCH3 is 1. The lowest BCUT2D eigenvalue weighted by Crippen LogP contribution is -2.44. The minimum atomic E-state index is -4.51. The summed E-state index contributed by atoms with van der Waals surface area (Å²) in [4.78, 5) is 26.6. The van der Waals surface area contributed by atoms with Gasteiger partial charge in [0.2, 0.25) is 0 Å². The van der Waals surface area contributed by atoms with Gasteiger partial charge in [0, 0.05) is 17.9 Å². The van der Waals surface area contributed by atoms with E-state index in [-0.39, 0.29) is 18.8 Å². The van der Waals surface area contributed by atoms with Crippen LogP contribution in [0.4, 0.5) is 23.7 Å². The molecule has 0 radical (unpaired) electrons. The van der Waals surface area contributed by atoms with Crippen molar-refractivity contribution in [3.8, 4) is 0 Å². The number of hydrogen-bond acceptors (Lipinski definition) is 6. The zero-order chi connectivity index (χ0) is 26.5. The van der Waals surface area contributed by atoms with E-state index >= 15 is 0 Å². The van der Waals surface area contributed by atoms with Gasteiger partial charge < -0.3 is 9.47 Å². The monoisotopic (exact) mass is 543 g/mol.